The molecule has 9 heteroatoms. The Bertz CT molecular complexity index is 1030. The van der Waals surface area contributed by atoms with Crippen molar-refractivity contribution in [2.75, 3.05) is 6.54 Å². The zero-order valence-corrected chi connectivity index (χ0v) is 19.9. The number of nitrogens with zero attached hydrogens (tertiary/aromatic N) is 1. The van der Waals surface area contributed by atoms with Crippen molar-refractivity contribution in [3.63, 3.8) is 0 Å². The molecule has 0 unspecified atom stereocenters. The maximum atomic E-state index is 12.6. The summed E-state index contributed by atoms with van der Waals surface area (Å²) in [5, 5.41) is 5.62. The molecular weight excluding hydrogens is 440 g/mol. The van der Waals surface area contributed by atoms with Gasteiger partial charge >= 0.3 is 0 Å². The van der Waals surface area contributed by atoms with Gasteiger partial charge in [0.2, 0.25) is 21.8 Å². The molecule has 1 aromatic carbocycles. The fraction of sp³-hybridized carbons (Fsp3) is 0.458. The Hall–Kier alpha value is -2.78. The van der Waals surface area contributed by atoms with Crippen LogP contribution in [0.1, 0.15) is 43.7 Å². The van der Waals surface area contributed by atoms with Crippen molar-refractivity contribution in [3.05, 3.63) is 59.9 Å². The molecule has 0 saturated heterocycles. The maximum absolute atomic E-state index is 12.6. The third-order valence-corrected chi connectivity index (χ3v) is 7.52. The van der Waals surface area contributed by atoms with Crippen molar-refractivity contribution in [1.29, 1.82) is 0 Å². The van der Waals surface area contributed by atoms with E-state index < -0.39 is 16.1 Å². The first kappa shape index (κ1) is 24.9. The maximum Gasteiger partial charge on any atom is 0.242 e. The molecule has 1 atom stereocenters. The van der Waals surface area contributed by atoms with Gasteiger partial charge in [0.05, 0.1) is 4.90 Å². The molecule has 1 aliphatic carbocycles. The van der Waals surface area contributed by atoms with Gasteiger partial charge in [-0.05, 0) is 75.3 Å². The Labute approximate surface area is 195 Å². The fourth-order valence-electron chi connectivity index (χ4n) is 3.90. The van der Waals surface area contributed by atoms with Crippen LogP contribution in [0.3, 0.4) is 0 Å². The van der Waals surface area contributed by atoms with Crippen molar-refractivity contribution in [1.82, 2.24) is 20.3 Å². The van der Waals surface area contributed by atoms with Gasteiger partial charge in [0.1, 0.15) is 6.04 Å². The molecule has 1 heterocycles. The van der Waals surface area contributed by atoms with Crippen LogP contribution in [0.4, 0.5) is 0 Å². The van der Waals surface area contributed by atoms with Crippen molar-refractivity contribution in [2.24, 2.45) is 11.8 Å². The Morgan fingerprint density at radius 3 is 2.30 bits per heavy atom. The first-order chi connectivity index (χ1) is 15.7. The number of nitrogens with one attached hydrogen (secondary N) is 3. The lowest BCUT2D eigenvalue weighted by Gasteiger charge is -2.28. The van der Waals surface area contributed by atoms with Crippen LogP contribution in [-0.4, -0.2) is 37.8 Å². The molecule has 1 saturated carbocycles. The highest BCUT2D eigenvalue weighted by Gasteiger charge is 2.29. The molecule has 0 radical (unpaired) electrons. The predicted octanol–water partition coefficient (Wildman–Crippen LogP) is 2.30. The summed E-state index contributed by atoms with van der Waals surface area (Å²) in [7, 11) is -3.53. The molecule has 0 aliphatic heterocycles. The van der Waals surface area contributed by atoms with Crippen LogP contribution >= 0.6 is 0 Å². The summed E-state index contributed by atoms with van der Waals surface area (Å²) in [5.74, 6) is -0.333. The summed E-state index contributed by atoms with van der Waals surface area (Å²) in [6.07, 6.45) is 6.20. The summed E-state index contributed by atoms with van der Waals surface area (Å²) in [6.45, 7) is 4.32. The predicted molar refractivity (Wildman–Crippen MR) is 126 cm³/mol. The van der Waals surface area contributed by atoms with Crippen LogP contribution in [0.25, 0.3) is 0 Å². The van der Waals surface area contributed by atoms with E-state index in [2.05, 4.69) is 20.3 Å². The number of aryl methyl sites for hydroxylation is 1. The van der Waals surface area contributed by atoms with Crippen LogP contribution in [0, 0.1) is 18.8 Å². The molecule has 1 fully saturated rings. The number of amides is 2. The molecular formula is C24H32N4O4S. The number of sulfonamides is 1. The molecule has 8 nitrogen and oxygen atoms in total. The fourth-order valence-corrected chi connectivity index (χ4v) is 5.01. The standard InChI is InChI=1S/C24H32N4O4S/c1-17-3-9-22(10-4-17)33(31,32)27-16-19-5-7-21(8-6-19)24(30)28-18(2)23(29)26-15-20-11-13-25-14-12-20/h3-4,9-14,18-19,21,27H,5-8,15-16H2,1-2H3,(H,26,29)(H,28,30)/t18-,19?,21?/m1/s1. The van der Waals surface area contributed by atoms with E-state index in [1.165, 1.54) is 0 Å². The molecule has 0 spiro atoms. The molecule has 0 bridgehead atoms. The zero-order chi connectivity index (χ0) is 23.8. The van der Waals surface area contributed by atoms with Crippen molar-refractivity contribution in [3.8, 4) is 0 Å². The van der Waals surface area contributed by atoms with Gasteiger partial charge in [0, 0.05) is 31.4 Å². The second-order valence-corrected chi connectivity index (χ2v) is 10.5. The molecule has 3 N–H and O–H groups in total. The SMILES string of the molecule is Cc1ccc(S(=O)(=O)NCC2CCC(C(=O)N[C@H](C)C(=O)NCc3ccncc3)CC2)cc1. The molecule has 2 aromatic rings. The highest BCUT2D eigenvalue weighted by Crippen LogP contribution is 2.29. The number of hydrogen-bond donors (Lipinski definition) is 3. The molecule has 33 heavy (non-hydrogen) atoms. The summed E-state index contributed by atoms with van der Waals surface area (Å²) in [5.41, 5.74) is 1.94. The van der Waals surface area contributed by atoms with Crippen LogP contribution in [-0.2, 0) is 26.2 Å². The minimum atomic E-state index is -3.53. The van der Waals surface area contributed by atoms with Gasteiger partial charge in [-0.3, -0.25) is 14.6 Å². The largest absolute Gasteiger partial charge is 0.350 e. The minimum Gasteiger partial charge on any atom is -0.350 e. The van der Waals surface area contributed by atoms with Gasteiger partial charge in [0.15, 0.2) is 0 Å². The lowest BCUT2D eigenvalue weighted by atomic mass is 9.81. The van der Waals surface area contributed by atoms with Crippen LogP contribution in [0.15, 0.2) is 53.7 Å². The average Bonchev–Trinajstić information content (AvgIpc) is 2.82. The number of carbonyl (C=O) groups excluding carboxylic acids is 2. The van der Waals surface area contributed by atoms with Crippen molar-refractivity contribution >= 4 is 21.8 Å². The second-order valence-electron chi connectivity index (χ2n) is 8.69. The Kier molecular flexibility index (Phi) is 8.57. The zero-order valence-electron chi connectivity index (χ0n) is 19.1. The summed E-state index contributed by atoms with van der Waals surface area (Å²) >= 11 is 0. The van der Waals surface area contributed by atoms with E-state index in [1.54, 1.807) is 43.6 Å². The second kappa shape index (κ2) is 11.4. The van der Waals surface area contributed by atoms with Gasteiger partial charge < -0.3 is 10.6 Å². The van der Waals surface area contributed by atoms with Gasteiger partial charge in [0.25, 0.3) is 0 Å². The molecule has 1 aliphatic rings. The first-order valence-electron chi connectivity index (χ1n) is 11.3. The molecule has 178 valence electrons. The van der Waals surface area contributed by atoms with Gasteiger partial charge in [-0.1, -0.05) is 17.7 Å². The third kappa shape index (κ3) is 7.36. The Morgan fingerprint density at radius 1 is 1.03 bits per heavy atom. The van der Waals surface area contributed by atoms with E-state index in [9.17, 15) is 18.0 Å². The smallest absolute Gasteiger partial charge is 0.242 e. The molecule has 2 amide bonds. The summed E-state index contributed by atoms with van der Waals surface area (Å²) < 4.78 is 27.6. The van der Waals surface area contributed by atoms with E-state index in [4.69, 9.17) is 0 Å². The van der Waals surface area contributed by atoms with Gasteiger partial charge in [-0.2, -0.15) is 0 Å². The topological polar surface area (TPSA) is 117 Å². The highest BCUT2D eigenvalue weighted by molar-refractivity contribution is 7.89. The molecule has 1 aromatic heterocycles. The van der Waals surface area contributed by atoms with Crippen LogP contribution in [0.5, 0.6) is 0 Å². The van der Waals surface area contributed by atoms with E-state index in [1.807, 2.05) is 19.1 Å². The van der Waals surface area contributed by atoms with Crippen molar-refractivity contribution in [2.45, 2.75) is 57.0 Å². The monoisotopic (exact) mass is 472 g/mol. The highest BCUT2D eigenvalue weighted by atomic mass is 32.2. The third-order valence-electron chi connectivity index (χ3n) is 6.08. The Morgan fingerprint density at radius 2 is 1.67 bits per heavy atom. The first-order valence-corrected chi connectivity index (χ1v) is 12.8. The minimum absolute atomic E-state index is 0.125. The number of rotatable bonds is 9. The number of benzene rings is 1. The quantitative estimate of drug-likeness (QED) is 0.518. The number of pyridine rings is 1. The van der Waals surface area contributed by atoms with Crippen LogP contribution in [0.2, 0.25) is 0 Å². The van der Waals surface area contributed by atoms with Gasteiger partial charge in [-0.25, -0.2) is 13.1 Å². The van der Waals surface area contributed by atoms with E-state index in [-0.39, 0.29) is 28.5 Å². The van der Waals surface area contributed by atoms with Gasteiger partial charge in [-0.15, -0.1) is 0 Å². The number of hydrogen-bond acceptors (Lipinski definition) is 5. The number of aromatic nitrogens is 1. The van der Waals surface area contributed by atoms with E-state index in [0.29, 0.717) is 25.9 Å². The normalized spacial score (nSPS) is 19.5. The number of carbonyl (C=O) groups is 2. The Balaban J connectivity index is 1.39. The molecule has 3 rings (SSSR count). The van der Waals surface area contributed by atoms with E-state index >= 15 is 0 Å². The van der Waals surface area contributed by atoms with E-state index in [0.717, 1.165) is 24.0 Å². The lowest BCUT2D eigenvalue weighted by Crippen LogP contribution is -2.47. The van der Waals surface area contributed by atoms with Crippen molar-refractivity contribution < 1.29 is 18.0 Å². The summed E-state index contributed by atoms with van der Waals surface area (Å²) in [4.78, 5) is 29.1. The average molecular weight is 473 g/mol. The van der Waals surface area contributed by atoms with Crippen LogP contribution < -0.4 is 15.4 Å². The summed E-state index contributed by atoms with van der Waals surface area (Å²) in [6, 6.07) is 9.78. The lowest BCUT2D eigenvalue weighted by molar-refractivity contribution is -0.131.